The molecule has 0 aromatic heterocycles. The number of carbonyl (C=O) groups is 2. The van der Waals surface area contributed by atoms with Crippen LogP contribution in [0.15, 0.2) is 65.6 Å². The number of methoxy groups -OCH3 is 1. The highest BCUT2D eigenvalue weighted by molar-refractivity contribution is 7.92. The first kappa shape index (κ1) is 23.3. The standard InChI is InChI=1S/C23H21ClN2O5S/c1-14-7-10-17(11-8-14)32(29,30)26-16-9-12-20(24)19(13-16)22(27)25-21-6-4-5-18(15(21)2)23(28)31-3/h4-13,26H,1-3H3,(H,25,27). The maximum atomic E-state index is 12.9. The Morgan fingerprint density at radius 2 is 1.62 bits per heavy atom. The van der Waals surface area contributed by atoms with Crippen molar-refractivity contribution in [2.24, 2.45) is 0 Å². The Morgan fingerprint density at radius 1 is 0.938 bits per heavy atom. The topological polar surface area (TPSA) is 102 Å². The van der Waals surface area contributed by atoms with Gasteiger partial charge >= 0.3 is 5.97 Å². The summed E-state index contributed by atoms with van der Waals surface area (Å²) >= 11 is 6.19. The second-order valence-electron chi connectivity index (χ2n) is 7.04. The van der Waals surface area contributed by atoms with Crippen LogP contribution in [-0.2, 0) is 14.8 Å². The van der Waals surface area contributed by atoms with E-state index in [-0.39, 0.29) is 21.2 Å². The fourth-order valence-corrected chi connectivity index (χ4v) is 4.24. The first-order chi connectivity index (χ1) is 15.1. The lowest BCUT2D eigenvalue weighted by Gasteiger charge is -2.13. The number of aryl methyl sites for hydroxylation is 1. The van der Waals surface area contributed by atoms with Gasteiger partial charge in [-0.3, -0.25) is 9.52 Å². The number of carbonyl (C=O) groups excluding carboxylic acids is 2. The van der Waals surface area contributed by atoms with Crippen molar-refractivity contribution in [3.05, 3.63) is 87.9 Å². The summed E-state index contributed by atoms with van der Waals surface area (Å²) in [5.41, 5.74) is 2.43. The average Bonchev–Trinajstić information content (AvgIpc) is 2.76. The van der Waals surface area contributed by atoms with Crippen molar-refractivity contribution in [3.63, 3.8) is 0 Å². The monoisotopic (exact) mass is 472 g/mol. The van der Waals surface area contributed by atoms with E-state index in [2.05, 4.69) is 10.0 Å². The molecule has 0 bridgehead atoms. The van der Waals surface area contributed by atoms with E-state index < -0.39 is 21.9 Å². The van der Waals surface area contributed by atoms with Crippen LogP contribution >= 0.6 is 11.6 Å². The third-order valence-electron chi connectivity index (χ3n) is 4.78. The van der Waals surface area contributed by atoms with E-state index in [0.29, 0.717) is 16.8 Å². The Balaban J connectivity index is 1.87. The molecule has 0 aliphatic heterocycles. The van der Waals surface area contributed by atoms with Gasteiger partial charge in [-0.1, -0.05) is 35.4 Å². The van der Waals surface area contributed by atoms with Crippen molar-refractivity contribution in [3.8, 4) is 0 Å². The number of nitrogens with one attached hydrogen (secondary N) is 2. The molecule has 0 unspecified atom stereocenters. The molecule has 1 amide bonds. The molecular weight excluding hydrogens is 452 g/mol. The number of hydrogen-bond acceptors (Lipinski definition) is 5. The molecule has 0 aliphatic carbocycles. The molecule has 0 atom stereocenters. The summed E-state index contributed by atoms with van der Waals surface area (Å²) in [7, 11) is -2.57. The van der Waals surface area contributed by atoms with Gasteiger partial charge in [-0.25, -0.2) is 13.2 Å². The summed E-state index contributed by atoms with van der Waals surface area (Å²) in [5.74, 6) is -1.08. The number of hydrogen-bond donors (Lipinski definition) is 2. The van der Waals surface area contributed by atoms with Gasteiger partial charge in [0.2, 0.25) is 0 Å². The number of esters is 1. The van der Waals surface area contributed by atoms with Gasteiger partial charge < -0.3 is 10.1 Å². The predicted molar refractivity (Wildman–Crippen MR) is 124 cm³/mol. The molecule has 3 aromatic rings. The quantitative estimate of drug-likeness (QED) is 0.502. The first-order valence-electron chi connectivity index (χ1n) is 9.50. The first-order valence-corrected chi connectivity index (χ1v) is 11.4. The summed E-state index contributed by atoms with van der Waals surface area (Å²) in [4.78, 5) is 24.9. The van der Waals surface area contributed by atoms with E-state index in [1.807, 2.05) is 6.92 Å². The minimum absolute atomic E-state index is 0.0682. The van der Waals surface area contributed by atoms with Gasteiger partial charge in [0, 0.05) is 11.4 Å². The van der Waals surface area contributed by atoms with E-state index in [1.54, 1.807) is 37.3 Å². The third-order valence-corrected chi connectivity index (χ3v) is 6.51. The van der Waals surface area contributed by atoms with Crippen LogP contribution in [0.3, 0.4) is 0 Å². The lowest BCUT2D eigenvalue weighted by Crippen LogP contribution is -2.16. The second-order valence-corrected chi connectivity index (χ2v) is 9.13. The molecule has 0 heterocycles. The lowest BCUT2D eigenvalue weighted by atomic mass is 10.1. The van der Waals surface area contributed by atoms with Crippen molar-refractivity contribution >= 4 is 44.9 Å². The van der Waals surface area contributed by atoms with Gasteiger partial charge in [0.15, 0.2) is 0 Å². The lowest BCUT2D eigenvalue weighted by molar-refractivity contribution is 0.0599. The van der Waals surface area contributed by atoms with Crippen molar-refractivity contribution in [1.29, 1.82) is 0 Å². The fourth-order valence-electron chi connectivity index (χ4n) is 2.99. The van der Waals surface area contributed by atoms with Crippen LogP contribution in [0.5, 0.6) is 0 Å². The summed E-state index contributed by atoms with van der Waals surface area (Å²) in [6, 6.07) is 15.5. The third kappa shape index (κ3) is 5.09. The maximum Gasteiger partial charge on any atom is 0.338 e. The zero-order chi connectivity index (χ0) is 23.5. The predicted octanol–water partition coefficient (Wildman–Crippen LogP) is 4.80. The molecule has 0 radical (unpaired) electrons. The molecule has 32 heavy (non-hydrogen) atoms. The average molecular weight is 473 g/mol. The maximum absolute atomic E-state index is 12.9. The molecule has 0 saturated carbocycles. The van der Waals surface area contributed by atoms with Gasteiger partial charge in [-0.2, -0.15) is 0 Å². The highest BCUT2D eigenvalue weighted by Gasteiger charge is 2.18. The normalized spacial score (nSPS) is 11.0. The number of anilines is 2. The van der Waals surface area contributed by atoms with Crippen LogP contribution in [0, 0.1) is 13.8 Å². The Labute approximate surface area is 191 Å². The zero-order valence-electron chi connectivity index (χ0n) is 17.6. The van der Waals surface area contributed by atoms with Crippen LogP contribution in [0.2, 0.25) is 5.02 Å². The molecule has 166 valence electrons. The Morgan fingerprint density at radius 3 is 2.28 bits per heavy atom. The van der Waals surface area contributed by atoms with E-state index in [1.165, 1.54) is 37.4 Å². The van der Waals surface area contributed by atoms with Gasteiger partial charge in [0.1, 0.15) is 0 Å². The van der Waals surface area contributed by atoms with Crippen LogP contribution in [-0.4, -0.2) is 27.4 Å². The number of sulfonamides is 1. The van der Waals surface area contributed by atoms with Crippen LogP contribution in [0.4, 0.5) is 11.4 Å². The fraction of sp³-hybridized carbons (Fsp3) is 0.130. The van der Waals surface area contributed by atoms with E-state index in [9.17, 15) is 18.0 Å². The zero-order valence-corrected chi connectivity index (χ0v) is 19.2. The van der Waals surface area contributed by atoms with Gasteiger partial charge in [0.25, 0.3) is 15.9 Å². The molecule has 0 fully saturated rings. The van der Waals surface area contributed by atoms with Gasteiger partial charge in [0.05, 0.1) is 28.2 Å². The summed E-state index contributed by atoms with van der Waals surface area (Å²) in [6.45, 7) is 3.53. The minimum atomic E-state index is -3.85. The molecule has 9 heteroatoms. The molecule has 2 N–H and O–H groups in total. The number of halogens is 1. The van der Waals surface area contributed by atoms with Crippen LogP contribution in [0.1, 0.15) is 31.8 Å². The summed E-state index contributed by atoms with van der Waals surface area (Å²) < 4.78 is 32.5. The Hall–Kier alpha value is -3.36. The van der Waals surface area contributed by atoms with Crippen molar-refractivity contribution < 1.29 is 22.7 Å². The molecule has 7 nitrogen and oxygen atoms in total. The number of benzene rings is 3. The Bertz CT molecular complexity index is 1290. The van der Waals surface area contributed by atoms with Gasteiger partial charge in [-0.05, 0) is 61.9 Å². The molecule has 3 aromatic carbocycles. The molecule has 0 spiro atoms. The van der Waals surface area contributed by atoms with Crippen LogP contribution in [0.25, 0.3) is 0 Å². The van der Waals surface area contributed by atoms with Gasteiger partial charge in [-0.15, -0.1) is 0 Å². The van der Waals surface area contributed by atoms with Crippen LogP contribution < -0.4 is 10.0 Å². The summed E-state index contributed by atoms with van der Waals surface area (Å²) in [6.07, 6.45) is 0. The number of ether oxygens (including phenoxy) is 1. The number of rotatable bonds is 6. The van der Waals surface area contributed by atoms with E-state index in [0.717, 1.165) is 5.56 Å². The molecular formula is C23H21ClN2O5S. The molecule has 0 aliphatic rings. The molecule has 0 saturated heterocycles. The minimum Gasteiger partial charge on any atom is -0.465 e. The van der Waals surface area contributed by atoms with Crippen molar-refractivity contribution in [2.75, 3.05) is 17.1 Å². The van der Waals surface area contributed by atoms with E-state index in [4.69, 9.17) is 16.3 Å². The molecule has 3 rings (SSSR count). The largest absolute Gasteiger partial charge is 0.465 e. The highest BCUT2D eigenvalue weighted by Crippen LogP contribution is 2.26. The van der Waals surface area contributed by atoms with Crippen molar-refractivity contribution in [2.45, 2.75) is 18.7 Å². The van der Waals surface area contributed by atoms with Crippen molar-refractivity contribution in [1.82, 2.24) is 0 Å². The number of amides is 1. The smallest absolute Gasteiger partial charge is 0.338 e. The second kappa shape index (κ2) is 9.42. The SMILES string of the molecule is COC(=O)c1cccc(NC(=O)c2cc(NS(=O)(=O)c3ccc(C)cc3)ccc2Cl)c1C. The highest BCUT2D eigenvalue weighted by atomic mass is 35.5. The van der Waals surface area contributed by atoms with E-state index >= 15 is 0 Å². The Kier molecular flexibility index (Phi) is 6.86. The summed E-state index contributed by atoms with van der Waals surface area (Å²) in [5, 5.41) is 2.85.